The molecule has 154 valence electrons. The van der Waals surface area contributed by atoms with Gasteiger partial charge in [0.25, 0.3) is 5.91 Å². The van der Waals surface area contributed by atoms with Crippen molar-refractivity contribution in [1.29, 1.82) is 0 Å². The fourth-order valence-electron chi connectivity index (χ4n) is 2.84. The third-order valence-corrected chi connectivity index (χ3v) is 5.26. The van der Waals surface area contributed by atoms with Crippen LogP contribution in [0.4, 0.5) is 5.13 Å². The van der Waals surface area contributed by atoms with Crippen LogP contribution in [0, 0.1) is 0 Å². The second-order valence-electron chi connectivity index (χ2n) is 6.39. The number of unbranched alkanes of at least 4 members (excludes halogenated alkanes) is 5. The summed E-state index contributed by atoms with van der Waals surface area (Å²) in [6, 6.07) is 3.21. The molecule has 0 radical (unpaired) electrons. The molecular formula is C20H29N3O4S. The number of hydrogen-bond donors (Lipinski definition) is 1. The molecule has 0 aliphatic carbocycles. The Bertz CT molecular complexity index is 739. The van der Waals surface area contributed by atoms with Crippen molar-refractivity contribution >= 4 is 22.4 Å². The lowest BCUT2D eigenvalue weighted by molar-refractivity contribution is 0.102. The van der Waals surface area contributed by atoms with E-state index in [1.165, 1.54) is 64.8 Å². The number of ether oxygens (including phenoxy) is 3. The lowest BCUT2D eigenvalue weighted by atomic mass is 10.1. The van der Waals surface area contributed by atoms with E-state index in [-0.39, 0.29) is 5.91 Å². The SMILES string of the molecule is CCCCCCCCc1nnc(NC(=O)c2cc(OC)c(OC)c(OC)c2)s1. The number of methoxy groups -OCH3 is 3. The predicted octanol–water partition coefficient (Wildman–Crippen LogP) is 4.72. The zero-order valence-corrected chi connectivity index (χ0v) is 17.9. The molecule has 1 aromatic heterocycles. The van der Waals surface area contributed by atoms with Gasteiger partial charge in [-0.2, -0.15) is 0 Å². The van der Waals surface area contributed by atoms with Gasteiger partial charge in [-0.3, -0.25) is 10.1 Å². The van der Waals surface area contributed by atoms with Crippen molar-refractivity contribution in [2.45, 2.75) is 51.9 Å². The number of aryl methyl sites for hydroxylation is 1. The van der Waals surface area contributed by atoms with E-state index in [4.69, 9.17) is 14.2 Å². The largest absolute Gasteiger partial charge is 0.493 e. The van der Waals surface area contributed by atoms with Gasteiger partial charge < -0.3 is 14.2 Å². The molecule has 0 fully saturated rings. The molecule has 1 heterocycles. The molecule has 1 amide bonds. The van der Waals surface area contributed by atoms with E-state index in [0.29, 0.717) is 27.9 Å². The highest BCUT2D eigenvalue weighted by Gasteiger charge is 2.18. The number of anilines is 1. The Hall–Kier alpha value is -2.35. The van der Waals surface area contributed by atoms with Crippen LogP contribution in [0.5, 0.6) is 17.2 Å². The fraction of sp³-hybridized carbons (Fsp3) is 0.550. The van der Waals surface area contributed by atoms with Gasteiger partial charge >= 0.3 is 0 Å². The fourth-order valence-corrected chi connectivity index (χ4v) is 3.62. The van der Waals surface area contributed by atoms with Gasteiger partial charge in [-0.1, -0.05) is 50.4 Å². The van der Waals surface area contributed by atoms with Crippen molar-refractivity contribution in [3.8, 4) is 17.2 Å². The number of aromatic nitrogens is 2. The van der Waals surface area contributed by atoms with Crippen molar-refractivity contribution in [2.24, 2.45) is 0 Å². The Labute approximate surface area is 170 Å². The van der Waals surface area contributed by atoms with Gasteiger partial charge in [0.1, 0.15) is 5.01 Å². The summed E-state index contributed by atoms with van der Waals surface area (Å²) in [6.45, 7) is 2.22. The second-order valence-corrected chi connectivity index (χ2v) is 7.45. The summed E-state index contributed by atoms with van der Waals surface area (Å²) in [5.41, 5.74) is 0.391. The first kappa shape index (κ1) is 21.9. The average molecular weight is 408 g/mol. The Morgan fingerprint density at radius 1 is 0.964 bits per heavy atom. The maximum atomic E-state index is 12.6. The first-order chi connectivity index (χ1) is 13.6. The minimum atomic E-state index is -0.304. The van der Waals surface area contributed by atoms with Crippen LogP contribution in [0.25, 0.3) is 0 Å². The molecule has 1 aromatic carbocycles. The molecule has 1 N–H and O–H groups in total. The first-order valence-corrected chi connectivity index (χ1v) is 10.4. The molecule has 28 heavy (non-hydrogen) atoms. The lowest BCUT2D eigenvalue weighted by Crippen LogP contribution is -2.12. The predicted molar refractivity (Wildman–Crippen MR) is 111 cm³/mol. The maximum absolute atomic E-state index is 12.6. The van der Waals surface area contributed by atoms with Crippen molar-refractivity contribution < 1.29 is 19.0 Å². The van der Waals surface area contributed by atoms with Crippen LogP contribution >= 0.6 is 11.3 Å². The monoisotopic (exact) mass is 407 g/mol. The highest BCUT2D eigenvalue weighted by Crippen LogP contribution is 2.38. The maximum Gasteiger partial charge on any atom is 0.257 e. The van der Waals surface area contributed by atoms with Crippen LogP contribution in [0.15, 0.2) is 12.1 Å². The van der Waals surface area contributed by atoms with Crippen LogP contribution in [-0.4, -0.2) is 37.4 Å². The van der Waals surface area contributed by atoms with Gasteiger partial charge in [-0.05, 0) is 18.6 Å². The van der Waals surface area contributed by atoms with E-state index < -0.39 is 0 Å². The highest BCUT2D eigenvalue weighted by atomic mass is 32.1. The second kappa shape index (κ2) is 11.5. The summed E-state index contributed by atoms with van der Waals surface area (Å²) in [6.07, 6.45) is 8.30. The molecule has 0 spiro atoms. The van der Waals surface area contributed by atoms with Crippen molar-refractivity contribution in [2.75, 3.05) is 26.6 Å². The number of amides is 1. The average Bonchev–Trinajstić information content (AvgIpc) is 3.16. The summed E-state index contributed by atoms with van der Waals surface area (Å²) in [4.78, 5) is 12.6. The molecule has 7 nitrogen and oxygen atoms in total. The van der Waals surface area contributed by atoms with Crippen LogP contribution in [-0.2, 0) is 6.42 Å². The van der Waals surface area contributed by atoms with E-state index in [2.05, 4.69) is 22.4 Å². The van der Waals surface area contributed by atoms with Gasteiger partial charge in [0.05, 0.1) is 21.3 Å². The number of benzene rings is 1. The smallest absolute Gasteiger partial charge is 0.257 e. The zero-order valence-electron chi connectivity index (χ0n) is 17.0. The van der Waals surface area contributed by atoms with Crippen molar-refractivity contribution in [3.05, 3.63) is 22.7 Å². The lowest BCUT2D eigenvalue weighted by Gasteiger charge is -2.13. The minimum absolute atomic E-state index is 0.304. The van der Waals surface area contributed by atoms with Gasteiger partial charge in [-0.25, -0.2) is 0 Å². The molecule has 0 aliphatic heterocycles. The van der Waals surface area contributed by atoms with Crippen LogP contribution in [0.2, 0.25) is 0 Å². The van der Waals surface area contributed by atoms with Gasteiger partial charge in [0, 0.05) is 12.0 Å². The van der Waals surface area contributed by atoms with E-state index >= 15 is 0 Å². The van der Waals surface area contributed by atoms with Gasteiger partial charge in [-0.15, -0.1) is 10.2 Å². The highest BCUT2D eigenvalue weighted by molar-refractivity contribution is 7.15. The standard InChI is InChI=1S/C20H29N3O4S/c1-5-6-7-8-9-10-11-17-22-23-20(28-17)21-19(24)14-12-15(25-2)18(27-4)16(13-14)26-3/h12-13H,5-11H2,1-4H3,(H,21,23,24). The van der Waals surface area contributed by atoms with Crippen molar-refractivity contribution in [3.63, 3.8) is 0 Å². The third-order valence-electron chi connectivity index (χ3n) is 4.36. The molecule has 8 heteroatoms. The third kappa shape index (κ3) is 6.09. The Balaban J connectivity index is 1.95. The summed E-state index contributed by atoms with van der Waals surface area (Å²) >= 11 is 1.41. The quantitative estimate of drug-likeness (QED) is 0.513. The van der Waals surface area contributed by atoms with E-state index in [9.17, 15) is 4.79 Å². The summed E-state index contributed by atoms with van der Waals surface area (Å²) < 4.78 is 15.9. The molecule has 0 saturated carbocycles. The Morgan fingerprint density at radius 2 is 1.61 bits per heavy atom. The van der Waals surface area contributed by atoms with Gasteiger partial charge in [0.2, 0.25) is 10.9 Å². The minimum Gasteiger partial charge on any atom is -0.493 e. The van der Waals surface area contributed by atoms with Crippen molar-refractivity contribution in [1.82, 2.24) is 10.2 Å². The molecule has 0 atom stereocenters. The molecule has 0 unspecified atom stereocenters. The number of carbonyl (C=O) groups excluding carboxylic acids is 1. The molecule has 2 rings (SSSR count). The summed E-state index contributed by atoms with van der Waals surface area (Å²) in [5.74, 6) is 0.987. The molecule has 0 bridgehead atoms. The van der Waals surface area contributed by atoms with Gasteiger partial charge in [0.15, 0.2) is 11.5 Å². The number of nitrogens with one attached hydrogen (secondary N) is 1. The molecule has 0 aliphatic rings. The number of rotatable bonds is 12. The Kier molecular flexibility index (Phi) is 9.00. The van der Waals surface area contributed by atoms with Crippen LogP contribution < -0.4 is 19.5 Å². The number of hydrogen-bond acceptors (Lipinski definition) is 7. The van der Waals surface area contributed by atoms with E-state index in [0.717, 1.165) is 17.8 Å². The molecule has 0 saturated heterocycles. The first-order valence-electron chi connectivity index (χ1n) is 9.56. The molecular weight excluding hydrogens is 378 g/mol. The zero-order chi connectivity index (χ0) is 20.4. The summed E-state index contributed by atoms with van der Waals surface area (Å²) in [7, 11) is 4.54. The summed E-state index contributed by atoms with van der Waals surface area (Å²) in [5, 5.41) is 12.5. The normalized spacial score (nSPS) is 10.6. The number of carbonyl (C=O) groups is 1. The van der Waals surface area contributed by atoms with E-state index in [1.807, 2.05) is 0 Å². The van der Waals surface area contributed by atoms with E-state index in [1.54, 1.807) is 12.1 Å². The van der Waals surface area contributed by atoms with Crippen LogP contribution in [0.3, 0.4) is 0 Å². The Morgan fingerprint density at radius 3 is 2.21 bits per heavy atom. The topological polar surface area (TPSA) is 82.6 Å². The molecule has 2 aromatic rings. The van der Waals surface area contributed by atoms with Crippen LogP contribution in [0.1, 0.15) is 60.8 Å². The number of nitrogens with zero attached hydrogens (tertiary/aromatic N) is 2.